The molecule has 0 bridgehead atoms. The third-order valence-electron chi connectivity index (χ3n) is 7.47. The van der Waals surface area contributed by atoms with Crippen molar-refractivity contribution >= 4 is 17.5 Å². The van der Waals surface area contributed by atoms with Crippen LogP contribution in [0.4, 0.5) is 5.69 Å². The minimum absolute atomic E-state index is 0.0303. The number of hydrogen-bond donors (Lipinski definition) is 2. The highest BCUT2D eigenvalue weighted by Gasteiger charge is 2.52. The molecule has 3 rings (SSSR count). The highest BCUT2D eigenvalue weighted by Crippen LogP contribution is 2.46. The third kappa shape index (κ3) is 6.33. The van der Waals surface area contributed by atoms with Gasteiger partial charge in [0, 0.05) is 31.0 Å². The standard InChI is InChI=1S/C30H42N2O5/c1-21(2)9-6-10-22(3)16-18-32-27-15-14-25(37-5)19-26(27)30(36,29(32)35)23(4)11-7-13-28(34)31-17-8-12-24(31)20-33/h7,9,11,14-16,19,23-24,33,36H,6,8,10,12-13,17-18,20H2,1-5H3/b11-7+,22-16+/t23-,24-,30+/m0/s1. The number of anilines is 1. The summed E-state index contributed by atoms with van der Waals surface area (Å²) >= 11 is 0. The lowest BCUT2D eigenvalue weighted by atomic mass is 9.83. The molecule has 1 aromatic carbocycles. The number of fused-ring (bicyclic) bond motifs is 1. The number of nitrogens with zero attached hydrogens (tertiary/aromatic N) is 2. The van der Waals surface area contributed by atoms with E-state index < -0.39 is 11.5 Å². The number of aliphatic hydroxyl groups excluding tert-OH is 1. The molecule has 0 aromatic heterocycles. The van der Waals surface area contributed by atoms with Crippen molar-refractivity contribution < 1.29 is 24.5 Å². The number of methoxy groups -OCH3 is 1. The summed E-state index contributed by atoms with van der Waals surface area (Å²) in [6.07, 6.45) is 11.4. The van der Waals surface area contributed by atoms with Crippen molar-refractivity contribution in [2.24, 2.45) is 5.92 Å². The van der Waals surface area contributed by atoms with Gasteiger partial charge < -0.3 is 24.7 Å². The van der Waals surface area contributed by atoms with E-state index in [1.165, 1.54) is 11.1 Å². The maximum Gasteiger partial charge on any atom is 0.264 e. The van der Waals surface area contributed by atoms with Gasteiger partial charge in [-0.15, -0.1) is 0 Å². The van der Waals surface area contributed by atoms with Crippen molar-refractivity contribution in [3.05, 3.63) is 59.2 Å². The molecule has 1 saturated heterocycles. The fraction of sp³-hybridized carbons (Fsp3) is 0.533. The fourth-order valence-electron chi connectivity index (χ4n) is 5.16. The molecule has 202 valence electrons. The van der Waals surface area contributed by atoms with Crippen molar-refractivity contribution in [3.63, 3.8) is 0 Å². The number of benzene rings is 1. The Kier molecular flexibility index (Phi) is 9.74. The molecule has 37 heavy (non-hydrogen) atoms. The van der Waals surface area contributed by atoms with Gasteiger partial charge in [-0.3, -0.25) is 9.59 Å². The number of allylic oxidation sites excluding steroid dienone is 3. The average Bonchev–Trinajstić information content (AvgIpc) is 3.44. The van der Waals surface area contributed by atoms with E-state index in [0.717, 1.165) is 25.7 Å². The molecular weight excluding hydrogens is 468 g/mol. The van der Waals surface area contributed by atoms with Crippen LogP contribution in [0.3, 0.4) is 0 Å². The Labute approximate surface area is 221 Å². The van der Waals surface area contributed by atoms with Gasteiger partial charge in [-0.25, -0.2) is 0 Å². The minimum Gasteiger partial charge on any atom is -0.497 e. The summed E-state index contributed by atoms with van der Waals surface area (Å²) < 4.78 is 5.39. The Morgan fingerprint density at radius 2 is 2.03 bits per heavy atom. The predicted molar refractivity (Wildman–Crippen MR) is 146 cm³/mol. The van der Waals surface area contributed by atoms with Crippen LogP contribution in [0.2, 0.25) is 0 Å². The number of rotatable bonds is 11. The summed E-state index contributed by atoms with van der Waals surface area (Å²) in [6, 6.07) is 5.22. The second kappa shape index (κ2) is 12.6. The summed E-state index contributed by atoms with van der Waals surface area (Å²) in [4.78, 5) is 29.7. The number of ether oxygens (including phenoxy) is 1. The minimum atomic E-state index is -1.77. The summed E-state index contributed by atoms with van der Waals surface area (Å²) in [5.74, 6) is -0.441. The third-order valence-corrected chi connectivity index (χ3v) is 7.47. The Bertz CT molecular complexity index is 1070. The van der Waals surface area contributed by atoms with Gasteiger partial charge in [0.25, 0.3) is 5.91 Å². The zero-order chi connectivity index (χ0) is 27.2. The fourth-order valence-corrected chi connectivity index (χ4v) is 5.16. The lowest BCUT2D eigenvalue weighted by molar-refractivity contribution is -0.139. The van der Waals surface area contributed by atoms with E-state index in [2.05, 4.69) is 26.8 Å². The molecule has 2 heterocycles. The largest absolute Gasteiger partial charge is 0.497 e. The molecule has 7 nitrogen and oxygen atoms in total. The average molecular weight is 511 g/mol. The number of aliphatic hydroxyl groups is 2. The van der Waals surface area contributed by atoms with Gasteiger partial charge in [0.05, 0.1) is 25.4 Å². The normalized spacial score (nSPS) is 22.5. The van der Waals surface area contributed by atoms with Crippen LogP contribution in [-0.2, 0) is 15.2 Å². The molecule has 0 saturated carbocycles. The molecule has 3 atom stereocenters. The van der Waals surface area contributed by atoms with Crippen LogP contribution in [0.1, 0.15) is 65.4 Å². The summed E-state index contributed by atoms with van der Waals surface area (Å²) in [5.41, 5.74) is 1.88. The van der Waals surface area contributed by atoms with Gasteiger partial charge in [0.15, 0.2) is 5.60 Å². The molecule has 7 heteroatoms. The predicted octanol–water partition coefficient (Wildman–Crippen LogP) is 4.49. The van der Waals surface area contributed by atoms with E-state index in [-0.39, 0.29) is 30.9 Å². The Morgan fingerprint density at radius 1 is 1.27 bits per heavy atom. The highest BCUT2D eigenvalue weighted by atomic mass is 16.5. The van der Waals surface area contributed by atoms with E-state index in [1.54, 1.807) is 48.1 Å². The van der Waals surface area contributed by atoms with Crippen molar-refractivity contribution in [3.8, 4) is 5.75 Å². The van der Waals surface area contributed by atoms with Gasteiger partial charge in [-0.2, -0.15) is 0 Å². The Morgan fingerprint density at radius 3 is 2.70 bits per heavy atom. The number of hydrogen-bond acceptors (Lipinski definition) is 5. The van der Waals surface area contributed by atoms with Crippen LogP contribution in [0.15, 0.2) is 53.6 Å². The smallest absolute Gasteiger partial charge is 0.264 e. The zero-order valence-electron chi connectivity index (χ0n) is 22.9. The molecule has 0 radical (unpaired) electrons. The van der Waals surface area contributed by atoms with Crippen LogP contribution in [-0.4, -0.2) is 59.8 Å². The first-order chi connectivity index (χ1) is 17.6. The van der Waals surface area contributed by atoms with E-state index >= 15 is 0 Å². The quantitative estimate of drug-likeness (QED) is 0.428. The first-order valence-electron chi connectivity index (χ1n) is 13.2. The van der Waals surface area contributed by atoms with E-state index in [9.17, 15) is 19.8 Å². The van der Waals surface area contributed by atoms with Crippen LogP contribution < -0.4 is 9.64 Å². The maximum atomic E-state index is 13.7. The second-order valence-corrected chi connectivity index (χ2v) is 10.4. The van der Waals surface area contributed by atoms with Gasteiger partial charge >= 0.3 is 0 Å². The first kappa shape index (κ1) is 28.7. The molecule has 2 amide bonds. The molecule has 0 aliphatic carbocycles. The molecular formula is C30H42N2O5. The van der Waals surface area contributed by atoms with Crippen molar-refractivity contribution in [2.75, 3.05) is 31.7 Å². The molecule has 0 unspecified atom stereocenters. The topological polar surface area (TPSA) is 90.3 Å². The van der Waals surface area contributed by atoms with Crippen molar-refractivity contribution in [1.29, 1.82) is 0 Å². The Hall–Kier alpha value is -2.90. The molecule has 2 aliphatic rings. The summed E-state index contributed by atoms with van der Waals surface area (Å²) in [5, 5.41) is 21.3. The van der Waals surface area contributed by atoms with Crippen molar-refractivity contribution in [2.45, 2.75) is 71.4 Å². The number of likely N-dealkylation sites (tertiary alicyclic amines) is 1. The molecule has 1 fully saturated rings. The highest BCUT2D eigenvalue weighted by molar-refractivity contribution is 6.07. The summed E-state index contributed by atoms with van der Waals surface area (Å²) in [6.45, 7) is 9.00. The van der Waals surface area contributed by atoms with Crippen LogP contribution >= 0.6 is 0 Å². The van der Waals surface area contributed by atoms with Gasteiger partial charge in [-0.05, 0) is 64.7 Å². The lowest BCUT2D eigenvalue weighted by Crippen LogP contribution is -2.44. The number of carbonyl (C=O) groups excluding carboxylic acids is 2. The van der Waals surface area contributed by atoms with Crippen LogP contribution in [0.5, 0.6) is 5.75 Å². The zero-order valence-corrected chi connectivity index (χ0v) is 22.9. The van der Waals surface area contributed by atoms with Gasteiger partial charge in [-0.1, -0.05) is 42.4 Å². The number of amides is 2. The van der Waals surface area contributed by atoms with Gasteiger partial charge in [0.1, 0.15) is 5.75 Å². The second-order valence-electron chi connectivity index (χ2n) is 10.4. The Balaban J connectivity index is 1.79. The first-order valence-corrected chi connectivity index (χ1v) is 13.2. The van der Waals surface area contributed by atoms with E-state index in [4.69, 9.17) is 4.74 Å². The van der Waals surface area contributed by atoms with Crippen molar-refractivity contribution in [1.82, 2.24) is 4.90 Å². The lowest BCUT2D eigenvalue weighted by Gasteiger charge is -2.27. The molecule has 2 N–H and O–H groups in total. The SMILES string of the molecule is COc1ccc2c(c1)[C@](O)([C@@H](C)/C=C/CC(=O)N1CCC[C@H]1CO)C(=O)N2C/C=C(\C)CCC=C(C)C. The summed E-state index contributed by atoms with van der Waals surface area (Å²) in [7, 11) is 1.56. The monoisotopic (exact) mass is 510 g/mol. The molecule has 0 spiro atoms. The van der Waals surface area contributed by atoms with E-state index in [1.807, 2.05) is 12.1 Å². The number of carbonyl (C=O) groups is 2. The molecule has 2 aliphatic heterocycles. The van der Waals surface area contributed by atoms with E-state index in [0.29, 0.717) is 30.1 Å². The van der Waals surface area contributed by atoms with Crippen LogP contribution in [0.25, 0.3) is 0 Å². The van der Waals surface area contributed by atoms with Gasteiger partial charge in [0.2, 0.25) is 5.91 Å². The molecule has 1 aromatic rings. The van der Waals surface area contributed by atoms with Crippen LogP contribution in [0, 0.1) is 5.92 Å². The maximum absolute atomic E-state index is 13.7.